The van der Waals surface area contributed by atoms with E-state index in [1.165, 1.54) is 42.9 Å². The highest BCUT2D eigenvalue weighted by atomic mass is 32.1. The number of esters is 3. The maximum absolute atomic E-state index is 13.6. The zero-order chi connectivity index (χ0) is 42.6. The number of nitrogens with one attached hydrogen (secondary N) is 1. The first kappa shape index (κ1) is 41.2. The van der Waals surface area contributed by atoms with Gasteiger partial charge in [0.05, 0.1) is 44.8 Å². The predicted octanol–water partition coefficient (Wildman–Crippen LogP) is 8.64. The summed E-state index contributed by atoms with van der Waals surface area (Å²) in [6.45, 7) is 3.94. The van der Waals surface area contributed by atoms with Crippen molar-refractivity contribution in [1.82, 2.24) is 9.97 Å². The van der Waals surface area contributed by atoms with Crippen LogP contribution in [-0.2, 0) is 9.53 Å². The van der Waals surface area contributed by atoms with Gasteiger partial charge in [0.1, 0.15) is 27.6 Å². The minimum atomic E-state index is -0.692. The second-order valence-corrected chi connectivity index (χ2v) is 13.9. The molecule has 0 atom stereocenters. The molecule has 0 spiro atoms. The number of methoxy groups -OCH3 is 2. The summed E-state index contributed by atoms with van der Waals surface area (Å²) in [5.41, 5.74) is 6.01. The first-order chi connectivity index (χ1) is 29.8. The lowest BCUT2D eigenvalue weighted by molar-refractivity contribution is -0.137. The normalized spacial score (nSPS) is 10.7. The predicted molar refractivity (Wildman–Crippen MR) is 232 cm³/mol. The highest BCUT2D eigenvalue weighted by Gasteiger charge is 2.18. The molecule has 7 rings (SSSR count). The number of rotatable bonds is 15. The topological polar surface area (TPSA) is 157 Å². The molecule has 14 heteroatoms. The van der Waals surface area contributed by atoms with Crippen LogP contribution in [0.15, 0.2) is 133 Å². The molecule has 1 N–H and O–H groups in total. The Labute approximate surface area is 354 Å². The van der Waals surface area contributed by atoms with Gasteiger partial charge < -0.3 is 28.4 Å². The molecule has 0 saturated carbocycles. The molecule has 0 aliphatic heterocycles. The lowest BCUT2D eigenvalue weighted by Crippen LogP contribution is -2.12. The van der Waals surface area contributed by atoms with Crippen molar-refractivity contribution in [3.63, 3.8) is 0 Å². The van der Waals surface area contributed by atoms with E-state index < -0.39 is 17.9 Å². The summed E-state index contributed by atoms with van der Waals surface area (Å²) in [5.74, 6) is 6.30. The smallest absolute Gasteiger partial charge is 0.343 e. The van der Waals surface area contributed by atoms with Crippen molar-refractivity contribution in [1.29, 1.82) is 0 Å². The van der Waals surface area contributed by atoms with Gasteiger partial charge in [-0.25, -0.2) is 24.4 Å². The fourth-order valence-corrected chi connectivity index (χ4v) is 6.49. The van der Waals surface area contributed by atoms with Crippen molar-refractivity contribution in [2.24, 2.45) is 5.10 Å². The Kier molecular flexibility index (Phi) is 13.2. The van der Waals surface area contributed by atoms with Crippen molar-refractivity contribution in [2.75, 3.05) is 32.9 Å². The molecule has 5 aromatic carbocycles. The van der Waals surface area contributed by atoms with Crippen molar-refractivity contribution < 1.29 is 42.8 Å². The number of thiazole rings is 1. The number of nitrogens with zero attached hydrogens (tertiary/aromatic N) is 3. The fourth-order valence-electron chi connectivity index (χ4n) is 5.73. The summed E-state index contributed by atoms with van der Waals surface area (Å²) in [7, 11) is 3.00. The first-order valence-corrected chi connectivity index (χ1v) is 19.5. The van der Waals surface area contributed by atoms with Crippen LogP contribution in [0.25, 0.3) is 21.1 Å². The average molecular weight is 833 g/mol. The Morgan fingerprint density at radius 2 is 1.46 bits per heavy atom. The van der Waals surface area contributed by atoms with Crippen LogP contribution in [0.4, 0.5) is 5.13 Å². The number of hydrogen-bond acceptors (Lipinski definition) is 14. The Balaban J connectivity index is 1.04. The van der Waals surface area contributed by atoms with Gasteiger partial charge in [-0.2, -0.15) is 5.10 Å². The number of carbonyl (C=O) groups excluding carboxylic acids is 3. The van der Waals surface area contributed by atoms with Gasteiger partial charge in [-0.1, -0.05) is 41.9 Å². The molecule has 2 heterocycles. The highest BCUT2D eigenvalue weighted by molar-refractivity contribution is 7.21. The van der Waals surface area contributed by atoms with E-state index in [0.29, 0.717) is 40.6 Å². The molecule has 0 amide bonds. The molecule has 0 aliphatic rings. The number of benzene rings is 5. The van der Waals surface area contributed by atoms with Crippen LogP contribution in [0.2, 0.25) is 0 Å². The maximum atomic E-state index is 13.6. The highest BCUT2D eigenvalue weighted by Crippen LogP contribution is 2.31. The number of pyridine rings is 1. The lowest BCUT2D eigenvalue weighted by Gasteiger charge is -2.12. The maximum Gasteiger partial charge on any atom is 0.343 e. The second-order valence-electron chi connectivity index (χ2n) is 12.9. The van der Waals surface area contributed by atoms with Crippen LogP contribution >= 0.6 is 11.3 Å². The molecule has 0 radical (unpaired) electrons. The fraction of sp³-hybridized carbons (Fsp3) is 0.106. The van der Waals surface area contributed by atoms with Gasteiger partial charge in [0, 0.05) is 35.4 Å². The van der Waals surface area contributed by atoms with E-state index in [1.807, 2.05) is 48.5 Å². The van der Waals surface area contributed by atoms with Gasteiger partial charge in [-0.05, 0) is 108 Å². The van der Waals surface area contributed by atoms with E-state index >= 15 is 0 Å². The first-order valence-electron chi connectivity index (χ1n) is 18.7. The van der Waals surface area contributed by atoms with Crippen LogP contribution in [-0.4, -0.2) is 61.5 Å². The minimum absolute atomic E-state index is 0.107. The van der Waals surface area contributed by atoms with Gasteiger partial charge in [0.2, 0.25) is 5.13 Å². The SMILES string of the molecule is C=CC(=O)OCCCOc1ccc2cc(C(=O)Oc3ccc(C(=O)Oc4ccc(C#Cc5ccc(OC)cc5)cc4/C=N/Nc4nc5cccnc5s4)cc3OC)ccc2c1. The number of hydrazone groups is 1. The molecule has 0 bridgehead atoms. The van der Waals surface area contributed by atoms with Crippen LogP contribution in [0.3, 0.4) is 0 Å². The van der Waals surface area contributed by atoms with E-state index in [4.69, 9.17) is 28.4 Å². The van der Waals surface area contributed by atoms with Crippen LogP contribution < -0.4 is 29.1 Å². The van der Waals surface area contributed by atoms with Gasteiger partial charge in [0.15, 0.2) is 11.5 Å². The molecular formula is C47H36N4O9S. The van der Waals surface area contributed by atoms with Gasteiger partial charge in [-0.3, -0.25) is 5.43 Å². The van der Waals surface area contributed by atoms with E-state index in [2.05, 4.69) is 38.9 Å². The molecule has 304 valence electrons. The summed E-state index contributed by atoms with van der Waals surface area (Å²) < 4.78 is 33.1. The zero-order valence-electron chi connectivity index (χ0n) is 32.9. The third-order valence-corrected chi connectivity index (χ3v) is 9.69. The van der Waals surface area contributed by atoms with Gasteiger partial charge in [-0.15, -0.1) is 0 Å². The molecule has 7 aromatic rings. The van der Waals surface area contributed by atoms with Crippen LogP contribution in [0.1, 0.15) is 43.8 Å². The van der Waals surface area contributed by atoms with Crippen molar-refractivity contribution in [2.45, 2.75) is 6.42 Å². The molecule has 0 aliphatic carbocycles. The number of fused-ring (bicyclic) bond motifs is 2. The van der Waals surface area contributed by atoms with E-state index in [-0.39, 0.29) is 29.4 Å². The lowest BCUT2D eigenvalue weighted by atomic mass is 10.1. The Hall–Kier alpha value is -8.02. The largest absolute Gasteiger partial charge is 0.497 e. The molecule has 2 aromatic heterocycles. The Bertz CT molecular complexity index is 2810. The molecule has 0 fully saturated rings. The summed E-state index contributed by atoms with van der Waals surface area (Å²) in [5, 5.41) is 6.54. The number of aromatic nitrogens is 2. The van der Waals surface area contributed by atoms with Crippen molar-refractivity contribution in [3.8, 4) is 40.6 Å². The number of carbonyl (C=O) groups is 3. The van der Waals surface area contributed by atoms with E-state index in [9.17, 15) is 14.4 Å². The average Bonchev–Trinajstić information content (AvgIpc) is 3.71. The number of anilines is 1. The van der Waals surface area contributed by atoms with E-state index in [1.54, 1.807) is 55.8 Å². The zero-order valence-corrected chi connectivity index (χ0v) is 33.7. The summed E-state index contributed by atoms with van der Waals surface area (Å²) in [6.07, 6.45) is 4.84. The van der Waals surface area contributed by atoms with Crippen molar-refractivity contribution >= 4 is 61.7 Å². The van der Waals surface area contributed by atoms with Crippen molar-refractivity contribution in [3.05, 3.63) is 156 Å². The minimum Gasteiger partial charge on any atom is -0.497 e. The van der Waals surface area contributed by atoms with E-state index in [0.717, 1.165) is 38.5 Å². The van der Waals surface area contributed by atoms with Gasteiger partial charge >= 0.3 is 17.9 Å². The summed E-state index contributed by atoms with van der Waals surface area (Å²) in [4.78, 5) is 47.6. The number of hydrogen-bond donors (Lipinski definition) is 1. The Morgan fingerprint density at radius 3 is 2.25 bits per heavy atom. The summed E-state index contributed by atoms with van der Waals surface area (Å²) in [6, 6.07) is 31.1. The Morgan fingerprint density at radius 1 is 0.754 bits per heavy atom. The summed E-state index contributed by atoms with van der Waals surface area (Å²) >= 11 is 1.34. The van der Waals surface area contributed by atoms with Crippen LogP contribution in [0.5, 0.6) is 28.7 Å². The quantitative estimate of drug-likeness (QED) is 0.0200. The third kappa shape index (κ3) is 10.7. The standard InChI is InChI=1S/C47H36N4O9S/c1-4-43(52)58-24-6-23-57-38-19-15-32-26-34(14-13-33(32)27-38)45(53)60-41-21-16-35(28-42(41)56-3)46(54)59-40-20-12-31(9-8-30-10-17-37(55-2)18-11-30)25-36(40)29-49-51-47-50-39-7-5-22-48-44(39)61-47/h4-5,7,10-22,25-29H,1,6,23-24H2,2-3H3,(H,50,51)/b49-29+. The van der Waals surface area contributed by atoms with Gasteiger partial charge in [0.25, 0.3) is 0 Å². The molecule has 13 nitrogen and oxygen atoms in total. The third-order valence-electron chi connectivity index (χ3n) is 8.80. The molecule has 61 heavy (non-hydrogen) atoms. The molecule has 0 unspecified atom stereocenters. The molecular weight excluding hydrogens is 797 g/mol. The number of ether oxygens (including phenoxy) is 6. The monoisotopic (exact) mass is 832 g/mol. The molecule has 0 saturated heterocycles. The van der Waals surface area contributed by atoms with Crippen LogP contribution in [0, 0.1) is 11.8 Å². The second kappa shape index (κ2) is 19.6.